The Hall–Kier alpha value is -7.24. The maximum Gasteiger partial charge on any atom is 0.0946 e. The second kappa shape index (κ2) is 13.3. The number of fused-ring (bicyclic) bond motifs is 6. The van der Waals surface area contributed by atoms with Crippen LogP contribution < -0.4 is 16.0 Å². The molecule has 4 aliphatic rings. The van der Waals surface area contributed by atoms with Crippen LogP contribution >= 0.6 is 0 Å². The Morgan fingerprint density at radius 2 is 1.25 bits per heavy atom. The third-order valence-corrected chi connectivity index (χ3v) is 11.4. The summed E-state index contributed by atoms with van der Waals surface area (Å²) in [6.07, 6.45) is 19.6. The number of hydrogen-bond acceptors (Lipinski definition) is 5. The minimum Gasteiger partial charge on any atom is -0.374 e. The second-order valence-electron chi connectivity index (χ2n) is 14.8. The highest BCUT2D eigenvalue weighted by atomic mass is 15.0. The van der Waals surface area contributed by atoms with Crippen LogP contribution in [0.1, 0.15) is 57.2 Å². The van der Waals surface area contributed by atoms with Crippen molar-refractivity contribution < 1.29 is 0 Å². The number of dihydropyridines is 1. The second-order valence-corrected chi connectivity index (χ2v) is 14.8. The van der Waals surface area contributed by atoms with Crippen LogP contribution in [0.3, 0.4) is 0 Å². The summed E-state index contributed by atoms with van der Waals surface area (Å²) in [5.41, 5.74) is 18.1. The van der Waals surface area contributed by atoms with E-state index in [2.05, 4.69) is 186 Å². The maximum atomic E-state index is 5.17. The molecule has 0 saturated heterocycles. The molecule has 3 N–H and O–H groups in total. The number of para-hydroxylation sites is 1. The first-order valence-corrected chi connectivity index (χ1v) is 19.2. The molecule has 3 atom stereocenters. The van der Waals surface area contributed by atoms with Crippen molar-refractivity contribution in [3.63, 3.8) is 0 Å². The van der Waals surface area contributed by atoms with Crippen LogP contribution in [0.4, 0.5) is 11.4 Å². The van der Waals surface area contributed by atoms with Gasteiger partial charge in [0.25, 0.3) is 0 Å². The summed E-state index contributed by atoms with van der Waals surface area (Å²) in [6, 6.07) is 47.6. The molecular weight excluding hydrogens is 683 g/mol. The van der Waals surface area contributed by atoms with Gasteiger partial charge in [-0.1, -0.05) is 146 Å². The average Bonchev–Trinajstić information content (AvgIpc) is 3.28. The number of nitrogens with zero attached hydrogens (tertiary/aromatic N) is 2. The first kappa shape index (κ1) is 32.2. The zero-order valence-corrected chi connectivity index (χ0v) is 30.5. The van der Waals surface area contributed by atoms with Gasteiger partial charge in [-0.25, -0.2) is 4.98 Å². The van der Waals surface area contributed by atoms with Gasteiger partial charge in [0, 0.05) is 39.8 Å². The molecule has 56 heavy (non-hydrogen) atoms. The van der Waals surface area contributed by atoms with Crippen LogP contribution in [0.5, 0.6) is 0 Å². The number of aromatic nitrogens is 2. The fraction of sp³-hybridized carbons (Fsp3) is 0.0588. The number of allylic oxidation sites excluding steroid dienone is 2. The Balaban J connectivity index is 0.838. The van der Waals surface area contributed by atoms with E-state index in [-0.39, 0.29) is 18.1 Å². The van der Waals surface area contributed by atoms with Crippen molar-refractivity contribution in [2.45, 2.75) is 18.1 Å². The molecule has 3 unspecified atom stereocenters. The Labute approximate surface area is 326 Å². The number of pyridine rings is 2. The lowest BCUT2D eigenvalue weighted by Crippen LogP contribution is -2.27. The van der Waals surface area contributed by atoms with E-state index < -0.39 is 0 Å². The Morgan fingerprint density at radius 1 is 0.500 bits per heavy atom. The number of hydrogen-bond donors (Lipinski definition) is 3. The highest BCUT2D eigenvalue weighted by molar-refractivity contribution is 5.85. The van der Waals surface area contributed by atoms with Crippen molar-refractivity contribution in [3.8, 4) is 22.4 Å². The normalized spacial score (nSPS) is 18.6. The standard InChI is InChI=1S/C51H37N5/c1-2-7-32(8-3-1)43-25-22-36-16-17-37-23-26-45(56-51(37)50(36)55-43)40-11-4-10-38(29-40)39-18-14-33-20-24-44(53-47(33)30-39)41-19-15-34-21-27-46(54-48(34)31-41)42-13-5-9-35-12-6-28-52-49(35)42/h1-31,44,46,51,53-54,56H. The van der Waals surface area contributed by atoms with Crippen LogP contribution in [0.25, 0.3) is 57.2 Å². The van der Waals surface area contributed by atoms with Gasteiger partial charge in [-0.15, -0.1) is 0 Å². The zero-order valence-electron chi connectivity index (χ0n) is 30.5. The van der Waals surface area contributed by atoms with E-state index in [4.69, 9.17) is 9.97 Å². The Morgan fingerprint density at radius 3 is 2.18 bits per heavy atom. The molecule has 7 aromatic rings. The molecule has 3 aliphatic heterocycles. The van der Waals surface area contributed by atoms with E-state index in [1.807, 2.05) is 18.3 Å². The maximum absolute atomic E-state index is 5.17. The molecule has 0 bridgehead atoms. The number of rotatable bonds is 5. The molecule has 0 saturated carbocycles. The van der Waals surface area contributed by atoms with Crippen molar-refractivity contribution in [2.24, 2.45) is 0 Å². The van der Waals surface area contributed by atoms with Crippen molar-refractivity contribution in [2.75, 3.05) is 10.6 Å². The van der Waals surface area contributed by atoms with Crippen LogP contribution in [0.15, 0.2) is 176 Å². The summed E-state index contributed by atoms with van der Waals surface area (Å²) < 4.78 is 0. The van der Waals surface area contributed by atoms with Crippen LogP contribution in [0.2, 0.25) is 0 Å². The summed E-state index contributed by atoms with van der Waals surface area (Å²) in [6.45, 7) is 0. The molecule has 0 amide bonds. The van der Waals surface area contributed by atoms with Crippen LogP contribution in [-0.4, -0.2) is 9.97 Å². The fourth-order valence-corrected chi connectivity index (χ4v) is 8.43. The topological polar surface area (TPSA) is 61.9 Å². The van der Waals surface area contributed by atoms with Gasteiger partial charge < -0.3 is 16.0 Å². The third kappa shape index (κ3) is 5.73. The van der Waals surface area contributed by atoms with Gasteiger partial charge in [-0.3, -0.25) is 4.98 Å². The van der Waals surface area contributed by atoms with E-state index in [9.17, 15) is 0 Å². The summed E-state index contributed by atoms with van der Waals surface area (Å²) in [4.78, 5) is 9.88. The molecule has 266 valence electrons. The first-order valence-electron chi connectivity index (χ1n) is 19.2. The molecule has 5 nitrogen and oxygen atoms in total. The van der Waals surface area contributed by atoms with Crippen molar-refractivity contribution in [1.29, 1.82) is 0 Å². The minimum atomic E-state index is -0.0186. The van der Waals surface area contributed by atoms with E-state index in [0.717, 1.165) is 56.1 Å². The van der Waals surface area contributed by atoms with Crippen LogP contribution in [0, 0.1) is 0 Å². The molecule has 0 radical (unpaired) electrons. The summed E-state index contributed by atoms with van der Waals surface area (Å²) in [7, 11) is 0. The fourth-order valence-electron chi connectivity index (χ4n) is 8.43. The first-order chi connectivity index (χ1) is 27.7. The summed E-state index contributed by atoms with van der Waals surface area (Å²) in [5, 5.41) is 12.6. The SMILES string of the molecule is C1=Cc2ccc(-c3ccccc3)nc2C2NC(c3cccc(-c4ccc5c(c4)NC(c4ccc6c(c4)NC(c4cccc7cccnc47)C=C6)C=C5)c3)=CC=C12. The predicted molar refractivity (Wildman–Crippen MR) is 232 cm³/mol. The lowest BCUT2D eigenvalue weighted by Gasteiger charge is -2.30. The smallest absolute Gasteiger partial charge is 0.0946 e. The average molecular weight is 720 g/mol. The van der Waals surface area contributed by atoms with Gasteiger partial charge in [0.05, 0.1) is 35.0 Å². The summed E-state index contributed by atoms with van der Waals surface area (Å²) in [5.74, 6) is 0. The van der Waals surface area contributed by atoms with Gasteiger partial charge in [-0.05, 0) is 80.9 Å². The third-order valence-electron chi connectivity index (χ3n) is 11.4. The van der Waals surface area contributed by atoms with Gasteiger partial charge in [0.15, 0.2) is 0 Å². The number of anilines is 2. The van der Waals surface area contributed by atoms with E-state index in [1.165, 1.54) is 39.0 Å². The molecule has 2 aromatic heterocycles. The highest BCUT2D eigenvalue weighted by Gasteiger charge is 2.27. The highest BCUT2D eigenvalue weighted by Crippen LogP contribution is 2.40. The summed E-state index contributed by atoms with van der Waals surface area (Å²) >= 11 is 0. The molecule has 11 rings (SSSR count). The molecule has 0 spiro atoms. The molecule has 1 aliphatic carbocycles. The Bertz CT molecular complexity index is 2860. The van der Waals surface area contributed by atoms with Gasteiger partial charge in [0.2, 0.25) is 0 Å². The Kier molecular flexibility index (Phi) is 7.62. The molecule has 0 fully saturated rings. The number of benzene rings is 5. The lowest BCUT2D eigenvalue weighted by atomic mass is 9.89. The predicted octanol–water partition coefficient (Wildman–Crippen LogP) is 12.0. The lowest BCUT2D eigenvalue weighted by molar-refractivity contribution is 0.705. The minimum absolute atomic E-state index is 0.0186. The van der Waals surface area contributed by atoms with Gasteiger partial charge >= 0.3 is 0 Å². The molecular formula is C51H37N5. The largest absolute Gasteiger partial charge is 0.374 e. The van der Waals surface area contributed by atoms with Crippen LogP contribution in [-0.2, 0) is 0 Å². The van der Waals surface area contributed by atoms with E-state index in [1.54, 1.807) is 0 Å². The van der Waals surface area contributed by atoms with Gasteiger partial charge in [0.1, 0.15) is 0 Å². The van der Waals surface area contributed by atoms with Crippen molar-refractivity contribution in [1.82, 2.24) is 15.3 Å². The van der Waals surface area contributed by atoms with Gasteiger partial charge in [-0.2, -0.15) is 0 Å². The zero-order chi connectivity index (χ0) is 37.0. The van der Waals surface area contributed by atoms with Crippen molar-refractivity contribution in [3.05, 3.63) is 215 Å². The number of nitrogens with one attached hydrogen (secondary N) is 3. The van der Waals surface area contributed by atoms with E-state index in [0.29, 0.717) is 0 Å². The molecule has 5 heteroatoms. The monoisotopic (exact) mass is 719 g/mol. The molecule has 5 aromatic carbocycles. The molecule has 5 heterocycles. The quantitative estimate of drug-likeness (QED) is 0.165. The van der Waals surface area contributed by atoms with Crippen molar-refractivity contribution >= 4 is 46.2 Å². The van der Waals surface area contributed by atoms with E-state index >= 15 is 0 Å².